The molecule has 1 unspecified atom stereocenters. The minimum absolute atomic E-state index is 0.0818. The standard InChI is InChI=1S/C31H52O5Si/c1-26(2,3)37(8,9)36-25-11-10-23-22-12-15-30(33)18-31(34-19-27(4,5)20-35-31)21(17-32)16-29(30,7)24(22)13-14-28(23,25)6/h13,17,21-23,25,33H,10-12,14-16,18-20H2,1-9H3/t21?,22-,23-,25-,28-,29+,30+/m0/s1. The Morgan fingerprint density at radius 2 is 1.73 bits per heavy atom. The highest BCUT2D eigenvalue weighted by Crippen LogP contribution is 2.68. The van der Waals surface area contributed by atoms with Gasteiger partial charge in [-0.15, -0.1) is 0 Å². The van der Waals surface area contributed by atoms with Gasteiger partial charge in [0.2, 0.25) is 0 Å². The third kappa shape index (κ3) is 4.10. The number of hydrogen-bond donors (Lipinski definition) is 1. The molecule has 0 aromatic heterocycles. The van der Waals surface area contributed by atoms with Crippen molar-refractivity contribution in [2.75, 3.05) is 13.2 Å². The van der Waals surface area contributed by atoms with Gasteiger partial charge in [-0.1, -0.05) is 60.1 Å². The van der Waals surface area contributed by atoms with E-state index in [0.717, 1.165) is 32.0 Å². The molecule has 6 heteroatoms. The molecule has 0 radical (unpaired) electrons. The lowest BCUT2D eigenvalue weighted by Crippen LogP contribution is -2.67. The summed E-state index contributed by atoms with van der Waals surface area (Å²) >= 11 is 0. The summed E-state index contributed by atoms with van der Waals surface area (Å²) in [6, 6.07) is 0. The fraction of sp³-hybridized carbons (Fsp3) is 0.903. The van der Waals surface area contributed by atoms with E-state index >= 15 is 0 Å². The highest BCUT2D eigenvalue weighted by molar-refractivity contribution is 6.74. The zero-order valence-corrected chi connectivity index (χ0v) is 25.9. The van der Waals surface area contributed by atoms with Crippen molar-refractivity contribution in [2.24, 2.45) is 34.0 Å². The molecule has 4 fully saturated rings. The molecule has 5 nitrogen and oxygen atoms in total. The number of carbonyl (C=O) groups is 1. The molecule has 4 aliphatic carbocycles. The number of rotatable bonds is 3. The lowest BCUT2D eigenvalue weighted by atomic mass is 9.45. The van der Waals surface area contributed by atoms with E-state index in [9.17, 15) is 9.90 Å². The first-order valence-corrected chi connectivity index (χ1v) is 17.7. The van der Waals surface area contributed by atoms with Crippen LogP contribution in [-0.4, -0.2) is 50.4 Å². The van der Waals surface area contributed by atoms with Crippen molar-refractivity contribution in [1.82, 2.24) is 0 Å². The summed E-state index contributed by atoms with van der Waals surface area (Å²) in [6.07, 6.45) is 9.79. The zero-order valence-electron chi connectivity index (χ0n) is 24.9. The molecule has 5 aliphatic rings. The fourth-order valence-corrected chi connectivity index (χ4v) is 9.89. The van der Waals surface area contributed by atoms with Gasteiger partial charge in [0.25, 0.3) is 0 Å². The zero-order chi connectivity index (χ0) is 27.3. The van der Waals surface area contributed by atoms with Crippen LogP contribution in [-0.2, 0) is 18.7 Å². The molecule has 1 spiro atoms. The molecule has 1 heterocycles. The minimum Gasteiger partial charge on any atom is -0.413 e. The molecule has 1 saturated heterocycles. The first-order chi connectivity index (χ1) is 16.9. The number of aldehydes is 1. The average molecular weight is 533 g/mol. The Labute approximate surface area is 226 Å². The lowest BCUT2D eigenvalue weighted by molar-refractivity contribution is -0.357. The van der Waals surface area contributed by atoms with Gasteiger partial charge in [-0.3, -0.25) is 0 Å². The van der Waals surface area contributed by atoms with Gasteiger partial charge in [0.05, 0.1) is 30.8 Å². The van der Waals surface area contributed by atoms with Crippen LogP contribution in [0.1, 0.15) is 93.4 Å². The molecule has 1 N–H and O–H groups in total. The summed E-state index contributed by atoms with van der Waals surface area (Å²) in [4.78, 5) is 12.5. The molecule has 5 rings (SSSR count). The minimum atomic E-state index is -1.87. The van der Waals surface area contributed by atoms with Crippen LogP contribution in [0.3, 0.4) is 0 Å². The highest BCUT2D eigenvalue weighted by atomic mass is 28.4. The lowest BCUT2D eigenvalue weighted by Gasteiger charge is -2.64. The third-order valence-electron chi connectivity index (χ3n) is 12.1. The number of hydrogen-bond acceptors (Lipinski definition) is 5. The number of fused-ring (bicyclic) bond motifs is 5. The summed E-state index contributed by atoms with van der Waals surface area (Å²) in [5.74, 6) is -0.361. The normalized spacial score (nSPS) is 45.0. The van der Waals surface area contributed by atoms with Crippen molar-refractivity contribution in [3.8, 4) is 0 Å². The van der Waals surface area contributed by atoms with E-state index in [4.69, 9.17) is 13.9 Å². The van der Waals surface area contributed by atoms with Crippen LogP contribution in [0.4, 0.5) is 0 Å². The first-order valence-electron chi connectivity index (χ1n) is 14.8. The predicted molar refractivity (Wildman–Crippen MR) is 149 cm³/mol. The van der Waals surface area contributed by atoms with Gasteiger partial charge >= 0.3 is 0 Å². The SMILES string of the molecule is CC1(C)COC2(C[C@]3(O)CC[C@@H]4C(=CC[C@]5(C)[C@@H](O[Si](C)(C)C(C)(C)C)CC[C@@H]45)[C@@]3(C)CC2C=O)OC1. The molecule has 0 aromatic carbocycles. The van der Waals surface area contributed by atoms with Gasteiger partial charge in [-0.05, 0) is 73.9 Å². The van der Waals surface area contributed by atoms with Gasteiger partial charge in [-0.25, -0.2) is 0 Å². The molecule has 3 saturated carbocycles. The molecule has 1 aliphatic heterocycles. The molecule has 7 atom stereocenters. The summed E-state index contributed by atoms with van der Waals surface area (Å²) in [5, 5.41) is 12.5. The third-order valence-corrected chi connectivity index (χ3v) is 16.5. The quantitative estimate of drug-likeness (QED) is 0.250. The maximum absolute atomic E-state index is 12.5. The van der Waals surface area contributed by atoms with E-state index in [0.29, 0.717) is 44.0 Å². The van der Waals surface area contributed by atoms with E-state index in [1.54, 1.807) is 0 Å². The molecule has 0 aromatic rings. The average Bonchev–Trinajstić information content (AvgIpc) is 3.11. The van der Waals surface area contributed by atoms with Crippen LogP contribution in [0.15, 0.2) is 11.6 Å². The maximum Gasteiger partial charge on any atom is 0.192 e. The molecular formula is C31H52O5Si. The Kier molecular flexibility index (Phi) is 6.42. The van der Waals surface area contributed by atoms with Gasteiger partial charge in [-0.2, -0.15) is 0 Å². The van der Waals surface area contributed by atoms with E-state index in [-0.39, 0.29) is 21.8 Å². The number of allylic oxidation sites excluding steroid dienone is 1. The Morgan fingerprint density at radius 1 is 1.08 bits per heavy atom. The van der Waals surface area contributed by atoms with Crippen molar-refractivity contribution in [2.45, 2.75) is 129 Å². The monoisotopic (exact) mass is 532 g/mol. The molecular weight excluding hydrogens is 480 g/mol. The summed E-state index contributed by atoms with van der Waals surface area (Å²) in [5.41, 5.74) is 0.0823. The van der Waals surface area contributed by atoms with E-state index in [1.165, 1.54) is 12.0 Å². The van der Waals surface area contributed by atoms with Gasteiger partial charge in [0.1, 0.15) is 6.29 Å². The molecule has 0 amide bonds. The Morgan fingerprint density at radius 3 is 2.32 bits per heavy atom. The van der Waals surface area contributed by atoms with Crippen LogP contribution in [0.2, 0.25) is 18.1 Å². The molecule has 0 bridgehead atoms. The second-order valence-corrected chi connectivity index (χ2v) is 20.9. The number of aliphatic hydroxyl groups is 1. The predicted octanol–water partition coefficient (Wildman–Crippen LogP) is 6.65. The first kappa shape index (κ1) is 28.0. The van der Waals surface area contributed by atoms with Crippen LogP contribution in [0.5, 0.6) is 0 Å². The van der Waals surface area contributed by atoms with E-state index < -0.39 is 25.1 Å². The largest absolute Gasteiger partial charge is 0.413 e. The Balaban J connectivity index is 1.44. The van der Waals surface area contributed by atoms with Crippen molar-refractivity contribution in [1.29, 1.82) is 0 Å². The van der Waals surface area contributed by atoms with E-state index in [1.807, 2.05) is 0 Å². The maximum atomic E-state index is 12.5. The Bertz CT molecular complexity index is 955. The number of ether oxygens (including phenoxy) is 2. The van der Waals surface area contributed by atoms with Gasteiger partial charge in [0.15, 0.2) is 14.1 Å². The number of carbonyl (C=O) groups excluding carboxylic acids is 1. The van der Waals surface area contributed by atoms with Crippen molar-refractivity contribution in [3.05, 3.63) is 11.6 Å². The van der Waals surface area contributed by atoms with Crippen LogP contribution < -0.4 is 0 Å². The summed E-state index contributed by atoms with van der Waals surface area (Å²) < 4.78 is 19.8. The second kappa shape index (κ2) is 8.49. The van der Waals surface area contributed by atoms with E-state index in [2.05, 4.69) is 67.6 Å². The smallest absolute Gasteiger partial charge is 0.192 e. The summed E-state index contributed by atoms with van der Waals surface area (Å²) in [7, 11) is -1.87. The van der Waals surface area contributed by atoms with Crippen LogP contribution in [0, 0.1) is 34.0 Å². The molecule has 37 heavy (non-hydrogen) atoms. The van der Waals surface area contributed by atoms with Crippen molar-refractivity contribution < 1.29 is 23.8 Å². The second-order valence-electron chi connectivity index (χ2n) is 16.1. The highest BCUT2D eigenvalue weighted by Gasteiger charge is 2.68. The van der Waals surface area contributed by atoms with Crippen LogP contribution >= 0.6 is 0 Å². The summed E-state index contributed by atoms with van der Waals surface area (Å²) in [6.45, 7) is 21.8. The van der Waals surface area contributed by atoms with Gasteiger partial charge < -0.3 is 23.8 Å². The van der Waals surface area contributed by atoms with Crippen LogP contribution in [0.25, 0.3) is 0 Å². The molecule has 210 valence electrons. The van der Waals surface area contributed by atoms with Crippen molar-refractivity contribution >= 4 is 14.6 Å². The topological polar surface area (TPSA) is 65.0 Å². The Hall–Kier alpha value is -0.533. The fourth-order valence-electron chi connectivity index (χ4n) is 8.44. The van der Waals surface area contributed by atoms with Gasteiger partial charge in [0, 0.05) is 17.3 Å². The van der Waals surface area contributed by atoms with Crippen molar-refractivity contribution in [3.63, 3.8) is 0 Å².